The molecule has 0 bridgehead atoms. The van der Waals surface area contributed by atoms with Crippen LogP contribution in [-0.2, 0) is 4.79 Å². The topological polar surface area (TPSA) is 69.4 Å². The Kier molecular flexibility index (Phi) is 9.79. The maximum absolute atomic E-state index is 12.7. The van der Waals surface area contributed by atoms with Gasteiger partial charge in [0.05, 0.1) is 17.1 Å². The van der Waals surface area contributed by atoms with Crippen LogP contribution in [0.25, 0.3) is 0 Å². The van der Waals surface area contributed by atoms with Crippen LogP contribution in [0.3, 0.4) is 0 Å². The van der Waals surface area contributed by atoms with Gasteiger partial charge in [-0.3, -0.25) is 20.2 Å². The Labute approximate surface area is 165 Å². The lowest BCUT2D eigenvalue weighted by Gasteiger charge is -2.29. The number of nitrogens with zero attached hydrogens (tertiary/aromatic N) is 3. The van der Waals surface area contributed by atoms with E-state index in [1.165, 1.54) is 17.3 Å². The first kappa shape index (κ1) is 23.4. The molecule has 0 fully saturated rings. The van der Waals surface area contributed by atoms with Crippen LogP contribution in [0.4, 0.5) is 18.9 Å². The fraction of sp³-hybridized carbons (Fsp3) is 0.529. The number of halogens is 4. The quantitative estimate of drug-likeness (QED) is 0.439. The number of pyridine rings is 1. The average Bonchev–Trinajstić information content (AvgIpc) is 2.61. The summed E-state index contributed by atoms with van der Waals surface area (Å²) in [5, 5.41) is 6.93. The first-order chi connectivity index (χ1) is 12.7. The second-order valence-corrected chi connectivity index (χ2v) is 7.49. The maximum atomic E-state index is 12.7. The molecule has 1 rings (SSSR count). The Morgan fingerprint density at radius 1 is 1.52 bits per heavy atom. The summed E-state index contributed by atoms with van der Waals surface area (Å²) in [4.78, 5) is 22.2. The van der Waals surface area contributed by atoms with Crippen LogP contribution in [0.2, 0.25) is 0 Å². The zero-order valence-corrected chi connectivity index (χ0v) is 16.6. The molecule has 0 aliphatic rings. The van der Waals surface area contributed by atoms with Crippen LogP contribution in [0.5, 0.6) is 0 Å². The molecule has 0 aliphatic heterocycles. The second kappa shape index (κ2) is 11.3. The minimum absolute atomic E-state index is 0.0465. The van der Waals surface area contributed by atoms with Crippen molar-refractivity contribution in [3.05, 3.63) is 24.5 Å². The van der Waals surface area contributed by atoms with Gasteiger partial charge < -0.3 is 4.90 Å². The fourth-order valence-corrected chi connectivity index (χ4v) is 3.31. The Hall–Kier alpha value is -1.61. The Morgan fingerprint density at radius 2 is 2.22 bits per heavy atom. The SMILES string of the molecule is CCN(C(=O)C(C)SCCCC(F)(F)F)C(C=Nc1cccnc1)C(=N)Cl. The molecule has 1 aromatic heterocycles. The molecule has 0 saturated carbocycles. The standard InChI is InChI=1S/C17H22ClF3N4OS/c1-3-25(16(26)12(2)27-9-5-7-17(19,20)21)14(15(18)22)11-24-13-6-4-8-23-10-13/h4,6,8,10-12,14,22H,3,5,7,9H2,1-2H3. The van der Waals surface area contributed by atoms with Crippen molar-refractivity contribution in [1.29, 1.82) is 5.41 Å². The molecular weight excluding hydrogens is 401 g/mol. The maximum Gasteiger partial charge on any atom is 0.389 e. The Morgan fingerprint density at radius 3 is 2.74 bits per heavy atom. The van der Waals surface area contributed by atoms with Gasteiger partial charge in [-0.15, -0.1) is 11.8 Å². The number of nitrogens with one attached hydrogen (secondary N) is 1. The first-order valence-corrected chi connectivity index (χ1v) is 9.75. The van der Waals surface area contributed by atoms with E-state index in [0.717, 1.165) is 11.8 Å². The number of hydrogen-bond donors (Lipinski definition) is 1. The Bertz CT molecular complexity index is 643. The Balaban J connectivity index is 2.74. The lowest BCUT2D eigenvalue weighted by Crippen LogP contribution is -2.47. The zero-order chi connectivity index (χ0) is 20.4. The van der Waals surface area contributed by atoms with E-state index in [4.69, 9.17) is 17.0 Å². The van der Waals surface area contributed by atoms with E-state index in [-0.39, 0.29) is 29.8 Å². The fourth-order valence-electron chi connectivity index (χ4n) is 2.20. The molecule has 0 saturated heterocycles. The van der Waals surface area contributed by atoms with E-state index < -0.39 is 23.9 Å². The highest BCUT2D eigenvalue weighted by Gasteiger charge is 2.29. The third-order valence-corrected chi connectivity index (χ3v) is 5.00. The van der Waals surface area contributed by atoms with Crippen LogP contribution in [0.15, 0.2) is 29.5 Å². The lowest BCUT2D eigenvalue weighted by atomic mass is 10.2. The minimum atomic E-state index is -4.19. The summed E-state index contributed by atoms with van der Waals surface area (Å²) in [6, 6.07) is 2.58. The van der Waals surface area contributed by atoms with Crippen LogP contribution in [0.1, 0.15) is 26.7 Å². The van der Waals surface area contributed by atoms with Gasteiger partial charge in [-0.1, -0.05) is 11.6 Å². The molecule has 0 aromatic carbocycles. The molecule has 1 heterocycles. The van der Waals surface area contributed by atoms with E-state index in [0.29, 0.717) is 5.69 Å². The van der Waals surface area contributed by atoms with Gasteiger partial charge in [-0.05, 0) is 38.2 Å². The van der Waals surface area contributed by atoms with Crippen molar-refractivity contribution in [1.82, 2.24) is 9.88 Å². The third-order valence-electron chi connectivity index (χ3n) is 3.55. The predicted molar refractivity (Wildman–Crippen MR) is 104 cm³/mol. The van der Waals surface area contributed by atoms with Crippen molar-refractivity contribution in [2.45, 2.75) is 44.2 Å². The molecule has 5 nitrogen and oxygen atoms in total. The number of amides is 1. The number of rotatable bonds is 10. The summed E-state index contributed by atoms with van der Waals surface area (Å²) in [7, 11) is 0. The van der Waals surface area contributed by atoms with Crippen molar-refractivity contribution in [2.75, 3.05) is 12.3 Å². The van der Waals surface area contributed by atoms with E-state index in [2.05, 4.69) is 9.98 Å². The molecule has 0 radical (unpaired) electrons. The van der Waals surface area contributed by atoms with E-state index >= 15 is 0 Å². The number of carbonyl (C=O) groups is 1. The summed E-state index contributed by atoms with van der Waals surface area (Å²) >= 11 is 7.01. The number of aliphatic imine (C=N–C) groups is 1. The van der Waals surface area contributed by atoms with E-state index in [1.54, 1.807) is 32.2 Å². The average molecular weight is 423 g/mol. The molecule has 0 spiro atoms. The second-order valence-electron chi connectivity index (χ2n) is 5.64. The monoisotopic (exact) mass is 422 g/mol. The van der Waals surface area contributed by atoms with E-state index in [9.17, 15) is 18.0 Å². The lowest BCUT2D eigenvalue weighted by molar-refractivity contribution is -0.134. The molecule has 150 valence electrons. The van der Waals surface area contributed by atoms with Crippen LogP contribution >= 0.6 is 23.4 Å². The number of thioether (sulfide) groups is 1. The number of alkyl halides is 3. The van der Waals surface area contributed by atoms with Crippen molar-refractivity contribution < 1.29 is 18.0 Å². The largest absolute Gasteiger partial charge is 0.389 e. The summed E-state index contributed by atoms with van der Waals surface area (Å²) in [6.45, 7) is 3.66. The van der Waals surface area contributed by atoms with Crippen LogP contribution < -0.4 is 0 Å². The number of aromatic nitrogens is 1. The van der Waals surface area contributed by atoms with Gasteiger partial charge in [0.25, 0.3) is 0 Å². The van der Waals surface area contributed by atoms with Crippen molar-refractivity contribution in [3.63, 3.8) is 0 Å². The van der Waals surface area contributed by atoms with Crippen LogP contribution in [-0.4, -0.2) is 56.9 Å². The van der Waals surface area contributed by atoms with Gasteiger partial charge in [0.2, 0.25) is 5.91 Å². The molecule has 0 aliphatic carbocycles. The highest BCUT2D eigenvalue weighted by Crippen LogP contribution is 2.24. The van der Waals surface area contributed by atoms with Gasteiger partial charge in [0.15, 0.2) is 0 Å². The normalized spacial score (nSPS) is 14.1. The molecule has 2 atom stereocenters. The summed E-state index contributed by atoms with van der Waals surface area (Å²) in [5.41, 5.74) is 0.554. The van der Waals surface area contributed by atoms with Gasteiger partial charge in [-0.2, -0.15) is 13.2 Å². The van der Waals surface area contributed by atoms with Gasteiger partial charge in [0, 0.05) is 25.4 Å². The summed E-state index contributed by atoms with van der Waals surface area (Å²) < 4.78 is 36.6. The van der Waals surface area contributed by atoms with Gasteiger partial charge >= 0.3 is 6.18 Å². The molecule has 27 heavy (non-hydrogen) atoms. The predicted octanol–water partition coefficient (Wildman–Crippen LogP) is 4.68. The highest BCUT2D eigenvalue weighted by molar-refractivity contribution is 8.00. The van der Waals surface area contributed by atoms with Gasteiger partial charge in [0.1, 0.15) is 11.2 Å². The molecule has 1 N–H and O–H groups in total. The summed E-state index contributed by atoms with van der Waals surface area (Å²) in [6.07, 6.45) is -0.581. The van der Waals surface area contributed by atoms with Crippen LogP contribution in [0, 0.1) is 5.41 Å². The molecule has 2 unspecified atom stereocenters. The third kappa shape index (κ3) is 8.75. The van der Waals surface area contributed by atoms with E-state index in [1.807, 2.05) is 0 Å². The molecule has 1 aromatic rings. The van der Waals surface area contributed by atoms with Gasteiger partial charge in [-0.25, -0.2) is 0 Å². The number of hydrogen-bond acceptors (Lipinski definition) is 5. The zero-order valence-electron chi connectivity index (χ0n) is 15.0. The van der Waals surface area contributed by atoms with Crippen molar-refractivity contribution >= 4 is 46.3 Å². The molecule has 10 heteroatoms. The van der Waals surface area contributed by atoms with Crippen molar-refractivity contribution in [2.24, 2.45) is 4.99 Å². The highest BCUT2D eigenvalue weighted by atomic mass is 35.5. The first-order valence-electron chi connectivity index (χ1n) is 8.32. The summed E-state index contributed by atoms with van der Waals surface area (Å²) in [5.74, 6) is -0.0842. The minimum Gasteiger partial charge on any atom is -0.327 e. The number of carbonyl (C=O) groups excluding carboxylic acids is 1. The van der Waals surface area contributed by atoms with Crippen molar-refractivity contribution in [3.8, 4) is 0 Å². The smallest absolute Gasteiger partial charge is 0.327 e. The molecular formula is C17H22ClF3N4OS. The molecule has 1 amide bonds.